The number of carbonyl (C=O) groups excluding carboxylic acids is 1. The number of allylic oxidation sites excluding steroid dienone is 1. The largest absolute Gasteiger partial charge is 0.435 e. The number of rotatable bonds is 7. The Bertz CT molecular complexity index is 901. The fourth-order valence-corrected chi connectivity index (χ4v) is 3.41. The van der Waals surface area contributed by atoms with Crippen LogP contribution in [-0.4, -0.2) is 12.4 Å². The molecule has 0 saturated carbocycles. The van der Waals surface area contributed by atoms with Crippen molar-refractivity contribution in [1.82, 2.24) is 0 Å². The van der Waals surface area contributed by atoms with Crippen LogP contribution >= 0.6 is 11.3 Å². The Hall–Kier alpha value is -2.79. The van der Waals surface area contributed by atoms with Gasteiger partial charge in [-0.05, 0) is 42.0 Å². The van der Waals surface area contributed by atoms with Crippen molar-refractivity contribution in [2.75, 3.05) is 0 Å². The van der Waals surface area contributed by atoms with Crippen LogP contribution in [0.1, 0.15) is 25.7 Å². The molecule has 5 heteroatoms. The first kappa shape index (κ1) is 18.0. The van der Waals surface area contributed by atoms with E-state index in [-0.39, 0.29) is 11.5 Å². The van der Waals surface area contributed by atoms with E-state index in [0.717, 1.165) is 11.3 Å². The fourth-order valence-electron chi connectivity index (χ4n) is 2.46. The minimum absolute atomic E-state index is 0.0273. The minimum atomic E-state index is -2.91. The zero-order valence-electron chi connectivity index (χ0n) is 13.8. The highest BCUT2D eigenvalue weighted by molar-refractivity contribution is 7.12. The number of alkyl halides is 2. The molecule has 2 nitrogen and oxygen atoms in total. The van der Waals surface area contributed by atoms with Crippen LogP contribution in [0.15, 0.2) is 72.8 Å². The highest BCUT2D eigenvalue weighted by Crippen LogP contribution is 2.22. The predicted molar refractivity (Wildman–Crippen MR) is 100 cm³/mol. The maximum Gasteiger partial charge on any atom is 0.387 e. The number of thiophene rings is 1. The van der Waals surface area contributed by atoms with Crippen molar-refractivity contribution < 1.29 is 18.3 Å². The van der Waals surface area contributed by atoms with E-state index in [1.54, 1.807) is 23.5 Å². The quantitative estimate of drug-likeness (QED) is 0.386. The van der Waals surface area contributed by atoms with Gasteiger partial charge in [0.25, 0.3) is 0 Å². The first-order chi connectivity index (χ1) is 12.6. The summed E-state index contributed by atoms with van der Waals surface area (Å²) in [5.74, 6) is -0.289. The number of benzene rings is 2. The Morgan fingerprint density at radius 3 is 2.62 bits per heavy atom. The Morgan fingerprint density at radius 2 is 1.85 bits per heavy atom. The summed E-state index contributed by atoms with van der Waals surface area (Å²) in [6.45, 7) is -2.91. The number of carbonyl (C=O) groups is 1. The van der Waals surface area contributed by atoms with Gasteiger partial charge in [-0.2, -0.15) is 8.78 Å². The van der Waals surface area contributed by atoms with Gasteiger partial charge in [-0.25, -0.2) is 0 Å². The summed E-state index contributed by atoms with van der Waals surface area (Å²) < 4.78 is 28.8. The maximum atomic E-state index is 12.3. The molecule has 132 valence electrons. The van der Waals surface area contributed by atoms with Crippen molar-refractivity contribution in [3.8, 4) is 5.75 Å². The first-order valence-corrected chi connectivity index (χ1v) is 8.82. The van der Waals surface area contributed by atoms with Crippen molar-refractivity contribution in [2.45, 2.75) is 13.0 Å². The summed E-state index contributed by atoms with van der Waals surface area (Å²) >= 11 is 1.61. The third-order valence-electron chi connectivity index (χ3n) is 3.65. The molecule has 1 aromatic heterocycles. The third-order valence-corrected chi connectivity index (χ3v) is 4.70. The van der Waals surface area contributed by atoms with Gasteiger partial charge in [0, 0.05) is 21.7 Å². The van der Waals surface area contributed by atoms with Gasteiger partial charge in [-0.3, -0.25) is 4.79 Å². The Morgan fingerprint density at radius 1 is 1.04 bits per heavy atom. The molecule has 2 aromatic carbocycles. The lowest BCUT2D eigenvalue weighted by atomic mass is 10.1. The molecule has 26 heavy (non-hydrogen) atoms. The topological polar surface area (TPSA) is 26.3 Å². The third kappa shape index (κ3) is 5.10. The standard InChI is InChI=1S/C21H16F2O2S/c22-21(23)25-17-8-4-7-16(14-17)20(24)12-11-18-9-10-19(26-18)13-15-5-2-1-3-6-15/h1-12,14,21H,13H2/b12-11+. The van der Waals surface area contributed by atoms with Gasteiger partial charge >= 0.3 is 6.61 Å². The van der Waals surface area contributed by atoms with Crippen LogP contribution in [0, 0.1) is 0 Å². The maximum absolute atomic E-state index is 12.3. The lowest BCUT2D eigenvalue weighted by molar-refractivity contribution is -0.0498. The molecule has 0 aliphatic heterocycles. The molecule has 0 bridgehead atoms. The predicted octanol–water partition coefficient (Wildman–Crippen LogP) is 5.84. The summed E-state index contributed by atoms with van der Waals surface area (Å²) in [6, 6.07) is 19.9. The number of hydrogen-bond acceptors (Lipinski definition) is 3. The average molecular weight is 370 g/mol. The summed E-state index contributed by atoms with van der Waals surface area (Å²) in [7, 11) is 0. The lowest BCUT2D eigenvalue weighted by Crippen LogP contribution is -2.03. The van der Waals surface area contributed by atoms with Gasteiger partial charge in [-0.1, -0.05) is 42.5 Å². The summed E-state index contributed by atoms with van der Waals surface area (Å²) in [6.07, 6.45) is 4.03. The van der Waals surface area contributed by atoms with E-state index in [4.69, 9.17) is 0 Å². The van der Waals surface area contributed by atoms with Crippen LogP contribution in [0.25, 0.3) is 6.08 Å². The molecule has 0 spiro atoms. The van der Waals surface area contributed by atoms with E-state index < -0.39 is 6.61 Å². The Balaban J connectivity index is 1.65. The van der Waals surface area contributed by atoms with Crippen LogP contribution in [0.5, 0.6) is 5.75 Å². The van der Waals surface area contributed by atoms with Crippen LogP contribution in [0.4, 0.5) is 8.78 Å². The number of hydrogen-bond donors (Lipinski definition) is 0. The van der Waals surface area contributed by atoms with Crippen molar-refractivity contribution in [1.29, 1.82) is 0 Å². The van der Waals surface area contributed by atoms with Gasteiger partial charge in [0.05, 0.1) is 0 Å². The molecule has 0 saturated heterocycles. The molecule has 0 unspecified atom stereocenters. The van der Waals surface area contributed by atoms with Gasteiger partial charge in [0.2, 0.25) is 0 Å². The first-order valence-electron chi connectivity index (χ1n) is 8.00. The van der Waals surface area contributed by atoms with Crippen molar-refractivity contribution >= 4 is 23.2 Å². The molecule has 3 aromatic rings. The highest BCUT2D eigenvalue weighted by Gasteiger charge is 2.08. The SMILES string of the molecule is O=C(/C=C/c1ccc(Cc2ccccc2)s1)c1cccc(OC(F)F)c1. The molecule has 3 rings (SSSR count). The lowest BCUT2D eigenvalue weighted by Gasteiger charge is -2.04. The van der Waals surface area contributed by atoms with Crippen molar-refractivity contribution in [3.05, 3.63) is 93.7 Å². The van der Waals surface area contributed by atoms with E-state index >= 15 is 0 Å². The second-order valence-electron chi connectivity index (χ2n) is 5.57. The second-order valence-corrected chi connectivity index (χ2v) is 6.77. The van der Waals surface area contributed by atoms with Crippen LogP contribution in [0.2, 0.25) is 0 Å². The zero-order chi connectivity index (χ0) is 18.4. The van der Waals surface area contributed by atoms with E-state index in [1.165, 1.54) is 34.7 Å². The fraction of sp³-hybridized carbons (Fsp3) is 0.0952. The summed E-state index contributed by atoms with van der Waals surface area (Å²) in [4.78, 5) is 14.4. The zero-order valence-corrected chi connectivity index (χ0v) is 14.6. The van der Waals surface area contributed by atoms with E-state index in [9.17, 15) is 13.6 Å². The van der Waals surface area contributed by atoms with Crippen LogP contribution < -0.4 is 4.74 Å². The van der Waals surface area contributed by atoms with E-state index in [2.05, 4.69) is 16.9 Å². The highest BCUT2D eigenvalue weighted by atomic mass is 32.1. The van der Waals surface area contributed by atoms with Crippen LogP contribution in [0.3, 0.4) is 0 Å². The van der Waals surface area contributed by atoms with Gasteiger partial charge < -0.3 is 4.74 Å². The molecular formula is C21H16F2O2S. The Kier molecular flexibility index (Phi) is 5.92. The van der Waals surface area contributed by atoms with Crippen LogP contribution in [-0.2, 0) is 6.42 Å². The van der Waals surface area contributed by atoms with Crippen molar-refractivity contribution in [3.63, 3.8) is 0 Å². The minimum Gasteiger partial charge on any atom is -0.435 e. The average Bonchev–Trinajstić information content (AvgIpc) is 3.07. The molecule has 0 fully saturated rings. The number of ketones is 1. The molecule has 1 heterocycles. The van der Waals surface area contributed by atoms with E-state index in [1.807, 2.05) is 30.3 Å². The molecule has 0 atom stereocenters. The normalized spacial score (nSPS) is 11.2. The molecule has 0 N–H and O–H groups in total. The molecule has 0 aliphatic carbocycles. The van der Waals surface area contributed by atoms with E-state index in [0.29, 0.717) is 5.56 Å². The number of halogens is 2. The molecule has 0 radical (unpaired) electrons. The molecule has 0 amide bonds. The van der Waals surface area contributed by atoms with Gasteiger partial charge in [0.1, 0.15) is 5.75 Å². The Labute approximate surface area is 154 Å². The second kappa shape index (κ2) is 8.54. The van der Waals surface area contributed by atoms with Crippen molar-refractivity contribution in [2.24, 2.45) is 0 Å². The summed E-state index contributed by atoms with van der Waals surface area (Å²) in [5, 5.41) is 0. The van der Waals surface area contributed by atoms with Gasteiger partial charge in [0.15, 0.2) is 5.78 Å². The smallest absolute Gasteiger partial charge is 0.387 e. The molecule has 0 aliphatic rings. The number of ether oxygens (including phenoxy) is 1. The summed E-state index contributed by atoms with van der Waals surface area (Å²) in [5.41, 5.74) is 1.54. The van der Waals surface area contributed by atoms with Gasteiger partial charge in [-0.15, -0.1) is 11.3 Å². The molecular weight excluding hydrogens is 354 g/mol. The monoisotopic (exact) mass is 370 g/mol.